The molecule has 2 N–H and O–H groups in total. The molecule has 1 saturated heterocycles. The lowest BCUT2D eigenvalue weighted by Gasteiger charge is -2.33. The van der Waals surface area contributed by atoms with Crippen LogP contribution in [-0.2, 0) is 16.0 Å². The van der Waals surface area contributed by atoms with Gasteiger partial charge in [-0.3, -0.25) is 33.9 Å². The summed E-state index contributed by atoms with van der Waals surface area (Å²) in [5.74, 6) is -0.928. The van der Waals surface area contributed by atoms with Crippen LogP contribution >= 0.6 is 0 Å². The number of carbonyl (C=O) groups excluding carboxylic acids is 4. The van der Waals surface area contributed by atoms with Gasteiger partial charge in [0.15, 0.2) is 0 Å². The van der Waals surface area contributed by atoms with E-state index in [0.717, 1.165) is 22.6 Å². The number of amides is 4. The van der Waals surface area contributed by atoms with Gasteiger partial charge in [-0.1, -0.05) is 25.1 Å². The molecule has 9 nitrogen and oxygen atoms in total. The summed E-state index contributed by atoms with van der Waals surface area (Å²) in [7, 11) is 1.44. The van der Waals surface area contributed by atoms with Crippen molar-refractivity contribution in [2.75, 3.05) is 56.9 Å². The summed E-state index contributed by atoms with van der Waals surface area (Å²) in [5.41, 5.74) is 3.11. The average molecular weight is 464 g/mol. The molecule has 0 atom stereocenters. The number of nitrogens with one attached hydrogen (secondary N) is 2. The lowest BCUT2D eigenvalue weighted by atomic mass is 10.1. The standard InChI is InChI=1S/C25H29N5O4/c1-3-17-6-4-5-7-21(17)27-23(32)16-30-12-10-29(11-13-30)15-22(31)26-18-8-9-19-20(14-18)25(34)28(2)24(19)33/h4-9,14H,3,10-13,15-16H2,1-2H3,(H,26,31)(H,27,32). The Balaban J connectivity index is 1.23. The van der Waals surface area contributed by atoms with Crippen molar-refractivity contribution in [1.29, 1.82) is 0 Å². The van der Waals surface area contributed by atoms with E-state index in [1.165, 1.54) is 7.05 Å². The normalized spacial score (nSPS) is 16.5. The van der Waals surface area contributed by atoms with Gasteiger partial charge >= 0.3 is 0 Å². The monoisotopic (exact) mass is 463 g/mol. The van der Waals surface area contributed by atoms with Crippen molar-refractivity contribution in [3.05, 3.63) is 59.2 Å². The van der Waals surface area contributed by atoms with E-state index in [1.54, 1.807) is 18.2 Å². The Hall–Kier alpha value is -3.56. The Morgan fingerprint density at radius 1 is 0.824 bits per heavy atom. The van der Waals surface area contributed by atoms with E-state index in [9.17, 15) is 19.2 Å². The largest absolute Gasteiger partial charge is 0.325 e. The number of imide groups is 1. The van der Waals surface area contributed by atoms with Gasteiger partial charge in [0, 0.05) is 44.6 Å². The topological polar surface area (TPSA) is 102 Å². The van der Waals surface area contributed by atoms with Crippen molar-refractivity contribution >= 4 is 35.0 Å². The molecule has 0 aromatic heterocycles. The smallest absolute Gasteiger partial charge is 0.261 e. The average Bonchev–Trinajstić information content (AvgIpc) is 3.04. The maximum atomic E-state index is 12.5. The van der Waals surface area contributed by atoms with Gasteiger partial charge in [-0.15, -0.1) is 0 Å². The van der Waals surface area contributed by atoms with Gasteiger partial charge in [-0.25, -0.2) is 0 Å². The molecule has 1 fully saturated rings. The Labute approximate surface area is 198 Å². The number of nitrogens with zero attached hydrogens (tertiary/aromatic N) is 3. The molecule has 0 saturated carbocycles. The zero-order chi connectivity index (χ0) is 24.2. The second-order valence-electron chi connectivity index (χ2n) is 8.59. The first-order valence-electron chi connectivity index (χ1n) is 11.4. The van der Waals surface area contributed by atoms with Crippen LogP contribution in [0, 0.1) is 0 Å². The first-order chi connectivity index (χ1) is 16.4. The van der Waals surface area contributed by atoms with Gasteiger partial charge in [-0.2, -0.15) is 0 Å². The summed E-state index contributed by atoms with van der Waals surface area (Å²) in [6.07, 6.45) is 0.855. The first-order valence-corrected chi connectivity index (χ1v) is 11.4. The third-order valence-corrected chi connectivity index (χ3v) is 6.25. The van der Waals surface area contributed by atoms with E-state index >= 15 is 0 Å². The second-order valence-corrected chi connectivity index (χ2v) is 8.59. The number of benzene rings is 2. The molecule has 0 unspecified atom stereocenters. The Bertz CT molecular complexity index is 1120. The molecule has 0 bridgehead atoms. The van der Waals surface area contributed by atoms with Crippen LogP contribution in [-0.4, -0.2) is 84.6 Å². The van der Waals surface area contributed by atoms with Crippen LogP contribution in [0.15, 0.2) is 42.5 Å². The third-order valence-electron chi connectivity index (χ3n) is 6.25. The number of hydrogen-bond donors (Lipinski definition) is 2. The summed E-state index contributed by atoms with van der Waals surface area (Å²) in [4.78, 5) is 54.3. The fourth-order valence-electron chi connectivity index (χ4n) is 4.29. The van der Waals surface area contributed by atoms with Gasteiger partial charge in [0.25, 0.3) is 11.8 Å². The van der Waals surface area contributed by atoms with Crippen molar-refractivity contribution < 1.29 is 19.2 Å². The number of para-hydroxylation sites is 1. The highest BCUT2D eigenvalue weighted by molar-refractivity contribution is 6.21. The molecular formula is C25H29N5O4. The molecule has 0 spiro atoms. The molecule has 2 aliphatic rings. The summed E-state index contributed by atoms with van der Waals surface area (Å²) < 4.78 is 0. The predicted molar refractivity (Wildman–Crippen MR) is 129 cm³/mol. The van der Waals surface area contributed by atoms with Crippen molar-refractivity contribution in [3.63, 3.8) is 0 Å². The molecule has 0 aliphatic carbocycles. The lowest BCUT2D eigenvalue weighted by Crippen LogP contribution is -2.50. The second kappa shape index (κ2) is 10.1. The van der Waals surface area contributed by atoms with Crippen LogP contribution < -0.4 is 10.6 Å². The summed E-state index contributed by atoms with van der Waals surface area (Å²) in [5, 5.41) is 5.81. The highest BCUT2D eigenvalue weighted by Crippen LogP contribution is 2.24. The quantitative estimate of drug-likeness (QED) is 0.606. The van der Waals surface area contributed by atoms with Gasteiger partial charge in [-0.05, 0) is 36.2 Å². The van der Waals surface area contributed by atoms with Crippen molar-refractivity contribution in [1.82, 2.24) is 14.7 Å². The molecule has 2 aromatic rings. The van der Waals surface area contributed by atoms with E-state index in [1.807, 2.05) is 29.2 Å². The first kappa shape index (κ1) is 23.6. The number of hydrogen-bond acceptors (Lipinski definition) is 6. The number of aryl methyl sites for hydroxylation is 1. The molecule has 178 valence electrons. The number of anilines is 2. The van der Waals surface area contributed by atoms with E-state index in [4.69, 9.17) is 0 Å². The molecular weight excluding hydrogens is 434 g/mol. The highest BCUT2D eigenvalue weighted by Gasteiger charge is 2.32. The van der Waals surface area contributed by atoms with E-state index in [-0.39, 0.29) is 30.2 Å². The van der Waals surface area contributed by atoms with Crippen LogP contribution in [0.3, 0.4) is 0 Å². The molecule has 34 heavy (non-hydrogen) atoms. The van der Waals surface area contributed by atoms with Crippen molar-refractivity contribution in [3.8, 4) is 0 Å². The number of carbonyl (C=O) groups is 4. The Kier molecular flexibility index (Phi) is 7.04. The summed E-state index contributed by atoms with van der Waals surface area (Å²) in [6, 6.07) is 12.6. The zero-order valence-electron chi connectivity index (χ0n) is 19.5. The third kappa shape index (κ3) is 5.16. The number of rotatable bonds is 7. The van der Waals surface area contributed by atoms with Crippen LogP contribution in [0.4, 0.5) is 11.4 Å². The number of piperazine rings is 1. The molecule has 2 aliphatic heterocycles. The summed E-state index contributed by atoms with van der Waals surface area (Å²) >= 11 is 0. The minimum Gasteiger partial charge on any atom is -0.325 e. The van der Waals surface area contributed by atoms with Gasteiger partial charge < -0.3 is 10.6 Å². The van der Waals surface area contributed by atoms with Gasteiger partial charge in [0.05, 0.1) is 24.2 Å². The maximum Gasteiger partial charge on any atom is 0.261 e. The van der Waals surface area contributed by atoms with Crippen LogP contribution in [0.25, 0.3) is 0 Å². The van der Waals surface area contributed by atoms with E-state index < -0.39 is 0 Å². The van der Waals surface area contributed by atoms with Crippen molar-refractivity contribution in [2.24, 2.45) is 0 Å². The van der Waals surface area contributed by atoms with Crippen molar-refractivity contribution in [2.45, 2.75) is 13.3 Å². The SMILES string of the molecule is CCc1ccccc1NC(=O)CN1CCN(CC(=O)Nc2ccc3c(c2)C(=O)N(C)C3=O)CC1. The van der Waals surface area contributed by atoms with E-state index in [2.05, 4.69) is 22.5 Å². The number of fused-ring (bicyclic) bond motifs is 1. The van der Waals surface area contributed by atoms with Crippen LogP contribution in [0.2, 0.25) is 0 Å². The molecule has 4 rings (SSSR count). The van der Waals surface area contributed by atoms with Gasteiger partial charge in [0.2, 0.25) is 11.8 Å². The fourth-order valence-corrected chi connectivity index (χ4v) is 4.29. The Morgan fingerprint density at radius 3 is 2.06 bits per heavy atom. The molecule has 0 radical (unpaired) electrons. The molecule has 9 heteroatoms. The minimum atomic E-state index is -0.366. The fraction of sp³-hybridized carbons (Fsp3) is 0.360. The lowest BCUT2D eigenvalue weighted by molar-refractivity contribution is -0.120. The predicted octanol–water partition coefficient (Wildman–Crippen LogP) is 1.67. The van der Waals surface area contributed by atoms with Gasteiger partial charge in [0.1, 0.15) is 0 Å². The molecule has 4 amide bonds. The molecule has 2 heterocycles. The highest BCUT2D eigenvalue weighted by atomic mass is 16.2. The minimum absolute atomic E-state index is 0.0395. The Morgan fingerprint density at radius 2 is 1.41 bits per heavy atom. The summed E-state index contributed by atoms with van der Waals surface area (Å²) in [6.45, 7) is 5.32. The van der Waals surface area contributed by atoms with E-state index in [0.29, 0.717) is 49.5 Å². The zero-order valence-corrected chi connectivity index (χ0v) is 19.5. The maximum absolute atomic E-state index is 12.5. The van der Waals surface area contributed by atoms with Crippen LogP contribution in [0.1, 0.15) is 33.2 Å². The van der Waals surface area contributed by atoms with Crippen LogP contribution in [0.5, 0.6) is 0 Å². The molecule has 2 aromatic carbocycles.